The van der Waals surface area contributed by atoms with Crippen molar-refractivity contribution in [2.24, 2.45) is 0 Å². The molecule has 0 spiro atoms. The molecule has 1 N–H and O–H groups in total. The number of piperazine rings is 1. The van der Waals surface area contributed by atoms with Crippen molar-refractivity contribution in [2.45, 2.75) is 6.04 Å². The van der Waals surface area contributed by atoms with Crippen LogP contribution < -0.4 is 0 Å². The van der Waals surface area contributed by atoms with Crippen LogP contribution in [0.4, 0.5) is 0 Å². The molecule has 1 aromatic carbocycles. The molecule has 2 aromatic heterocycles. The summed E-state index contributed by atoms with van der Waals surface area (Å²) in [5.41, 5.74) is 2.36. The Labute approximate surface area is 157 Å². The van der Waals surface area contributed by atoms with E-state index >= 15 is 0 Å². The van der Waals surface area contributed by atoms with Gasteiger partial charge in [0.1, 0.15) is 11.3 Å². The number of likely N-dealkylation sites (N-methyl/N-ethyl adjacent to an activating group) is 1. The Hall–Kier alpha value is -2.21. The van der Waals surface area contributed by atoms with Crippen molar-refractivity contribution in [3.05, 3.63) is 65.1 Å². The molecule has 1 fully saturated rings. The molecule has 5 nitrogen and oxygen atoms in total. The summed E-state index contributed by atoms with van der Waals surface area (Å²) >= 11 is 6.53. The van der Waals surface area contributed by atoms with Crippen molar-refractivity contribution in [3.8, 4) is 5.75 Å². The lowest BCUT2D eigenvalue weighted by Gasteiger charge is -2.38. The Kier molecular flexibility index (Phi) is 4.76. The number of halogens is 1. The van der Waals surface area contributed by atoms with Gasteiger partial charge in [-0.05, 0) is 36.9 Å². The lowest BCUT2D eigenvalue weighted by Crippen LogP contribution is -2.46. The summed E-state index contributed by atoms with van der Waals surface area (Å²) in [6.07, 6.45) is 5.30. The number of fused-ring (bicyclic) bond motifs is 1. The zero-order valence-corrected chi connectivity index (χ0v) is 15.4. The van der Waals surface area contributed by atoms with Crippen LogP contribution in [-0.4, -0.2) is 58.1 Å². The molecule has 1 saturated heterocycles. The average molecular weight is 369 g/mol. The van der Waals surface area contributed by atoms with Crippen LogP contribution in [0.2, 0.25) is 5.02 Å². The van der Waals surface area contributed by atoms with Gasteiger partial charge in [0.25, 0.3) is 0 Å². The maximum atomic E-state index is 11.0. The van der Waals surface area contributed by atoms with Gasteiger partial charge in [0.2, 0.25) is 0 Å². The molecule has 134 valence electrons. The Morgan fingerprint density at radius 3 is 2.62 bits per heavy atom. The predicted molar refractivity (Wildman–Crippen MR) is 104 cm³/mol. The molecule has 1 unspecified atom stereocenters. The van der Waals surface area contributed by atoms with Crippen molar-refractivity contribution >= 4 is 22.5 Å². The smallest absolute Gasteiger partial charge is 0.147 e. The molecule has 0 bridgehead atoms. The number of aromatic hydroxyl groups is 1. The monoisotopic (exact) mass is 368 g/mol. The van der Waals surface area contributed by atoms with Gasteiger partial charge in [-0.1, -0.05) is 17.7 Å². The summed E-state index contributed by atoms with van der Waals surface area (Å²) in [5.74, 6) is 0.192. The van der Waals surface area contributed by atoms with Crippen molar-refractivity contribution in [1.29, 1.82) is 0 Å². The van der Waals surface area contributed by atoms with Gasteiger partial charge in [-0.25, -0.2) is 0 Å². The van der Waals surface area contributed by atoms with E-state index in [0.717, 1.165) is 42.7 Å². The molecule has 6 heteroatoms. The molecule has 0 amide bonds. The normalized spacial score (nSPS) is 17.5. The van der Waals surface area contributed by atoms with E-state index in [0.29, 0.717) is 10.5 Å². The number of hydrogen-bond acceptors (Lipinski definition) is 5. The summed E-state index contributed by atoms with van der Waals surface area (Å²) < 4.78 is 0. The number of phenolic OH excluding ortho intramolecular Hbond substituents is 1. The molecule has 0 aliphatic carbocycles. The van der Waals surface area contributed by atoms with E-state index in [1.165, 1.54) is 0 Å². The summed E-state index contributed by atoms with van der Waals surface area (Å²) in [7, 11) is 2.13. The van der Waals surface area contributed by atoms with E-state index in [4.69, 9.17) is 11.6 Å². The molecular formula is C20H21ClN4O. The predicted octanol–water partition coefficient (Wildman–Crippen LogP) is 3.33. The van der Waals surface area contributed by atoms with E-state index in [1.807, 2.05) is 36.5 Å². The van der Waals surface area contributed by atoms with Crippen molar-refractivity contribution in [1.82, 2.24) is 19.8 Å². The summed E-state index contributed by atoms with van der Waals surface area (Å²) in [5, 5.41) is 12.4. The molecule has 1 aliphatic heterocycles. The lowest BCUT2D eigenvalue weighted by molar-refractivity contribution is 0.126. The second-order valence-corrected chi connectivity index (χ2v) is 7.13. The van der Waals surface area contributed by atoms with Crippen LogP contribution in [0.3, 0.4) is 0 Å². The van der Waals surface area contributed by atoms with E-state index < -0.39 is 0 Å². The maximum Gasteiger partial charge on any atom is 0.147 e. The van der Waals surface area contributed by atoms with Crippen LogP contribution >= 0.6 is 11.6 Å². The number of benzene rings is 1. The van der Waals surface area contributed by atoms with Crippen molar-refractivity contribution in [2.75, 3.05) is 33.2 Å². The SMILES string of the molecule is CN1CCN(C(c2cccnc2)c2cc(Cl)c3cccnc3c2O)CC1. The first-order chi connectivity index (χ1) is 12.6. The highest BCUT2D eigenvalue weighted by atomic mass is 35.5. The van der Waals surface area contributed by atoms with Crippen LogP contribution in [0.15, 0.2) is 48.9 Å². The minimum atomic E-state index is -0.110. The van der Waals surface area contributed by atoms with Gasteiger partial charge in [-0.2, -0.15) is 0 Å². The van der Waals surface area contributed by atoms with Gasteiger partial charge in [-0.3, -0.25) is 14.9 Å². The van der Waals surface area contributed by atoms with Crippen molar-refractivity contribution < 1.29 is 5.11 Å². The Balaban J connectivity index is 1.87. The molecule has 3 heterocycles. The maximum absolute atomic E-state index is 11.0. The van der Waals surface area contributed by atoms with E-state index in [9.17, 15) is 5.11 Å². The zero-order chi connectivity index (χ0) is 18.1. The van der Waals surface area contributed by atoms with E-state index in [2.05, 4.69) is 26.8 Å². The molecule has 0 saturated carbocycles. The number of aromatic nitrogens is 2. The van der Waals surface area contributed by atoms with E-state index in [1.54, 1.807) is 12.4 Å². The van der Waals surface area contributed by atoms with Gasteiger partial charge in [-0.15, -0.1) is 0 Å². The molecule has 4 rings (SSSR count). The van der Waals surface area contributed by atoms with E-state index in [-0.39, 0.29) is 11.8 Å². The second-order valence-electron chi connectivity index (χ2n) is 6.72. The van der Waals surface area contributed by atoms with Crippen LogP contribution in [0, 0.1) is 0 Å². The highest BCUT2D eigenvalue weighted by Gasteiger charge is 2.29. The summed E-state index contributed by atoms with van der Waals surface area (Å²) in [4.78, 5) is 13.3. The molecule has 3 aromatic rings. The molecule has 1 atom stereocenters. The van der Waals surface area contributed by atoms with Gasteiger partial charge >= 0.3 is 0 Å². The molecular weight excluding hydrogens is 348 g/mol. The fourth-order valence-corrected chi connectivity index (χ4v) is 3.89. The van der Waals surface area contributed by atoms with Gasteiger partial charge in [0.15, 0.2) is 0 Å². The number of nitrogens with zero attached hydrogens (tertiary/aromatic N) is 4. The minimum absolute atomic E-state index is 0.110. The van der Waals surface area contributed by atoms with Crippen LogP contribution in [0.5, 0.6) is 5.75 Å². The molecule has 26 heavy (non-hydrogen) atoms. The van der Waals surface area contributed by atoms with Crippen LogP contribution in [-0.2, 0) is 0 Å². The largest absolute Gasteiger partial charge is 0.505 e. The molecule has 0 radical (unpaired) electrons. The third-order valence-corrected chi connectivity index (χ3v) is 5.36. The first kappa shape index (κ1) is 17.2. The fraction of sp³-hybridized carbons (Fsp3) is 0.300. The molecule has 1 aliphatic rings. The first-order valence-electron chi connectivity index (χ1n) is 8.74. The minimum Gasteiger partial charge on any atom is -0.505 e. The third kappa shape index (κ3) is 3.14. The zero-order valence-electron chi connectivity index (χ0n) is 14.6. The Morgan fingerprint density at radius 1 is 1.12 bits per heavy atom. The quantitative estimate of drug-likeness (QED) is 0.768. The number of rotatable bonds is 3. The highest BCUT2D eigenvalue weighted by Crippen LogP contribution is 2.40. The summed E-state index contributed by atoms with van der Waals surface area (Å²) in [6, 6.07) is 9.44. The van der Waals surface area contributed by atoms with Crippen LogP contribution in [0.25, 0.3) is 10.9 Å². The number of hydrogen-bond donors (Lipinski definition) is 1. The highest BCUT2D eigenvalue weighted by molar-refractivity contribution is 6.35. The van der Waals surface area contributed by atoms with Gasteiger partial charge in [0.05, 0.1) is 11.1 Å². The van der Waals surface area contributed by atoms with Gasteiger partial charge < -0.3 is 10.0 Å². The Morgan fingerprint density at radius 2 is 1.88 bits per heavy atom. The Bertz CT molecular complexity index is 910. The number of phenols is 1. The van der Waals surface area contributed by atoms with Crippen molar-refractivity contribution in [3.63, 3.8) is 0 Å². The lowest BCUT2D eigenvalue weighted by atomic mass is 9.95. The summed E-state index contributed by atoms with van der Waals surface area (Å²) in [6.45, 7) is 3.79. The van der Waals surface area contributed by atoms with Crippen LogP contribution in [0.1, 0.15) is 17.2 Å². The first-order valence-corrected chi connectivity index (χ1v) is 9.11. The average Bonchev–Trinajstić information content (AvgIpc) is 2.68. The number of pyridine rings is 2. The topological polar surface area (TPSA) is 52.5 Å². The third-order valence-electron chi connectivity index (χ3n) is 5.04. The fourth-order valence-electron chi connectivity index (χ4n) is 3.62. The standard InChI is InChI=1S/C20H21ClN4O/c1-24-8-10-25(11-9-24)19(14-4-2-6-22-13-14)16-12-17(21)15-5-3-7-23-18(15)20(16)26/h2-7,12-13,19,26H,8-11H2,1H3. The second kappa shape index (κ2) is 7.19. The van der Waals surface area contributed by atoms with Gasteiger partial charge in [0, 0.05) is 55.7 Å².